The molecule has 2 bridgehead atoms. The minimum atomic E-state index is -0.922. The summed E-state index contributed by atoms with van der Waals surface area (Å²) < 4.78 is 6.37. The predicted octanol–water partition coefficient (Wildman–Crippen LogP) is 2.88. The van der Waals surface area contributed by atoms with Crippen molar-refractivity contribution in [2.45, 2.75) is 37.5 Å². The standard InChI is InChI=1S/C13H14BrNO3/c14-8-2-1-3-9(12(8)13(16)17)15-10-6-7-4-5-11(10)18-7/h1-3,7,10-11,15H,4-6H2,(H,16,17). The van der Waals surface area contributed by atoms with E-state index >= 15 is 0 Å². The highest BCUT2D eigenvalue weighted by Gasteiger charge is 2.41. The lowest BCUT2D eigenvalue weighted by Crippen LogP contribution is -2.31. The number of aromatic carboxylic acids is 1. The first kappa shape index (κ1) is 12.0. The molecule has 3 rings (SSSR count). The second-order valence-electron chi connectivity index (χ2n) is 4.83. The van der Waals surface area contributed by atoms with Gasteiger partial charge in [-0.15, -0.1) is 0 Å². The lowest BCUT2D eigenvalue weighted by molar-refractivity contribution is 0.0696. The van der Waals surface area contributed by atoms with Gasteiger partial charge in [-0.25, -0.2) is 4.79 Å². The number of rotatable bonds is 3. The van der Waals surface area contributed by atoms with Crippen LogP contribution in [-0.4, -0.2) is 29.3 Å². The van der Waals surface area contributed by atoms with Crippen molar-refractivity contribution in [1.29, 1.82) is 0 Å². The maximum atomic E-state index is 11.3. The summed E-state index contributed by atoms with van der Waals surface area (Å²) >= 11 is 3.29. The number of carboxylic acids is 1. The normalized spacial score (nSPS) is 29.5. The molecule has 2 saturated heterocycles. The van der Waals surface area contributed by atoms with E-state index in [1.54, 1.807) is 12.1 Å². The molecular weight excluding hydrogens is 298 g/mol. The molecule has 96 valence electrons. The van der Waals surface area contributed by atoms with Crippen LogP contribution in [-0.2, 0) is 4.74 Å². The van der Waals surface area contributed by atoms with Crippen LogP contribution in [0.5, 0.6) is 0 Å². The Morgan fingerprint density at radius 2 is 2.28 bits per heavy atom. The molecule has 3 atom stereocenters. The quantitative estimate of drug-likeness (QED) is 0.901. The Hall–Kier alpha value is -1.07. The number of nitrogens with one attached hydrogen (secondary N) is 1. The minimum Gasteiger partial charge on any atom is -0.478 e. The molecule has 0 aromatic heterocycles. The first-order chi connectivity index (χ1) is 8.65. The molecule has 0 saturated carbocycles. The molecule has 18 heavy (non-hydrogen) atoms. The lowest BCUT2D eigenvalue weighted by atomic mass is 9.95. The Balaban J connectivity index is 1.84. The summed E-state index contributed by atoms with van der Waals surface area (Å²) in [4.78, 5) is 11.3. The number of halogens is 1. The van der Waals surface area contributed by atoms with E-state index in [4.69, 9.17) is 4.74 Å². The van der Waals surface area contributed by atoms with Crippen molar-refractivity contribution < 1.29 is 14.6 Å². The summed E-state index contributed by atoms with van der Waals surface area (Å²) in [6.45, 7) is 0. The van der Waals surface area contributed by atoms with Gasteiger partial charge >= 0.3 is 5.97 Å². The molecule has 0 amide bonds. The molecule has 2 aliphatic heterocycles. The average molecular weight is 312 g/mol. The zero-order valence-corrected chi connectivity index (χ0v) is 11.3. The molecule has 3 unspecified atom stereocenters. The first-order valence-corrected chi connectivity index (χ1v) is 6.88. The largest absolute Gasteiger partial charge is 0.478 e. The Morgan fingerprint density at radius 1 is 1.44 bits per heavy atom. The summed E-state index contributed by atoms with van der Waals surface area (Å²) in [5, 5.41) is 12.6. The fourth-order valence-electron chi connectivity index (χ4n) is 2.85. The van der Waals surface area contributed by atoms with E-state index in [0.29, 0.717) is 21.8 Å². The number of ether oxygens (including phenoxy) is 1. The van der Waals surface area contributed by atoms with Gasteiger partial charge in [0.1, 0.15) is 0 Å². The molecule has 0 spiro atoms. The molecular formula is C13H14BrNO3. The molecule has 5 heteroatoms. The molecule has 2 aliphatic rings. The first-order valence-electron chi connectivity index (χ1n) is 6.09. The summed E-state index contributed by atoms with van der Waals surface area (Å²) in [6, 6.07) is 5.62. The zero-order chi connectivity index (χ0) is 12.7. The molecule has 0 aliphatic carbocycles. The number of fused-ring (bicyclic) bond motifs is 2. The third kappa shape index (κ3) is 2.01. The van der Waals surface area contributed by atoms with E-state index in [9.17, 15) is 9.90 Å². The number of hydrogen-bond donors (Lipinski definition) is 2. The van der Waals surface area contributed by atoms with E-state index in [2.05, 4.69) is 21.2 Å². The Kier molecular flexibility index (Phi) is 3.03. The van der Waals surface area contributed by atoms with Gasteiger partial charge in [0.25, 0.3) is 0 Å². The van der Waals surface area contributed by atoms with Crippen LogP contribution in [0.3, 0.4) is 0 Å². The zero-order valence-electron chi connectivity index (χ0n) is 9.73. The number of carboxylic acid groups (broad SMARTS) is 1. The Morgan fingerprint density at radius 3 is 2.89 bits per heavy atom. The van der Waals surface area contributed by atoms with E-state index in [1.165, 1.54) is 0 Å². The van der Waals surface area contributed by atoms with Crippen molar-refractivity contribution in [1.82, 2.24) is 0 Å². The monoisotopic (exact) mass is 311 g/mol. The molecule has 2 fully saturated rings. The Bertz CT molecular complexity index is 491. The maximum absolute atomic E-state index is 11.3. The van der Waals surface area contributed by atoms with Crippen LogP contribution in [0.4, 0.5) is 5.69 Å². The molecule has 2 heterocycles. The van der Waals surface area contributed by atoms with Crippen molar-refractivity contribution >= 4 is 27.6 Å². The summed E-state index contributed by atoms with van der Waals surface area (Å²) in [5.74, 6) is -0.922. The van der Waals surface area contributed by atoms with Gasteiger partial charge in [-0.1, -0.05) is 6.07 Å². The van der Waals surface area contributed by atoms with Gasteiger partial charge in [-0.05, 0) is 47.3 Å². The van der Waals surface area contributed by atoms with Gasteiger partial charge in [-0.2, -0.15) is 0 Å². The van der Waals surface area contributed by atoms with Gasteiger partial charge in [0.15, 0.2) is 0 Å². The van der Waals surface area contributed by atoms with Crippen LogP contribution in [0, 0.1) is 0 Å². The van der Waals surface area contributed by atoms with Gasteiger partial charge in [0.2, 0.25) is 0 Å². The summed E-state index contributed by atoms with van der Waals surface area (Å²) in [7, 11) is 0. The lowest BCUT2D eigenvalue weighted by Gasteiger charge is -2.22. The second-order valence-corrected chi connectivity index (χ2v) is 5.68. The van der Waals surface area contributed by atoms with Crippen molar-refractivity contribution in [3.63, 3.8) is 0 Å². The number of benzene rings is 1. The van der Waals surface area contributed by atoms with Crippen LogP contribution in [0.15, 0.2) is 22.7 Å². The van der Waals surface area contributed by atoms with Gasteiger partial charge < -0.3 is 15.2 Å². The summed E-state index contributed by atoms with van der Waals surface area (Å²) in [5.41, 5.74) is 0.957. The van der Waals surface area contributed by atoms with Crippen LogP contribution in [0.25, 0.3) is 0 Å². The number of carbonyl (C=O) groups is 1. The van der Waals surface area contributed by atoms with E-state index in [-0.39, 0.29) is 12.1 Å². The average Bonchev–Trinajstić information content (AvgIpc) is 2.90. The highest BCUT2D eigenvalue weighted by atomic mass is 79.9. The van der Waals surface area contributed by atoms with Gasteiger partial charge in [-0.3, -0.25) is 0 Å². The maximum Gasteiger partial charge on any atom is 0.338 e. The van der Waals surface area contributed by atoms with Crippen molar-refractivity contribution in [2.24, 2.45) is 0 Å². The Labute approximate surface area is 113 Å². The molecule has 4 nitrogen and oxygen atoms in total. The molecule has 1 aromatic carbocycles. The van der Waals surface area contributed by atoms with Crippen molar-refractivity contribution in [3.05, 3.63) is 28.2 Å². The predicted molar refractivity (Wildman–Crippen MR) is 71.0 cm³/mol. The fourth-order valence-corrected chi connectivity index (χ4v) is 3.39. The van der Waals surface area contributed by atoms with E-state index < -0.39 is 5.97 Å². The second kappa shape index (κ2) is 4.55. The molecule has 1 aromatic rings. The van der Waals surface area contributed by atoms with E-state index in [0.717, 1.165) is 19.3 Å². The third-order valence-electron chi connectivity index (χ3n) is 3.67. The topological polar surface area (TPSA) is 58.6 Å². The highest BCUT2D eigenvalue weighted by molar-refractivity contribution is 9.10. The van der Waals surface area contributed by atoms with E-state index in [1.807, 2.05) is 6.07 Å². The van der Waals surface area contributed by atoms with Crippen LogP contribution >= 0.6 is 15.9 Å². The van der Waals surface area contributed by atoms with Crippen molar-refractivity contribution in [2.75, 3.05) is 5.32 Å². The number of anilines is 1. The molecule has 0 radical (unpaired) electrons. The van der Waals surface area contributed by atoms with Gasteiger partial charge in [0, 0.05) is 4.47 Å². The summed E-state index contributed by atoms with van der Waals surface area (Å²) in [6.07, 6.45) is 3.76. The number of hydrogen-bond acceptors (Lipinski definition) is 3. The smallest absolute Gasteiger partial charge is 0.338 e. The van der Waals surface area contributed by atoms with Crippen molar-refractivity contribution in [3.8, 4) is 0 Å². The minimum absolute atomic E-state index is 0.232. The highest BCUT2D eigenvalue weighted by Crippen LogP contribution is 2.37. The SMILES string of the molecule is O=C(O)c1c(Br)cccc1NC1CC2CCC1O2. The van der Waals surface area contributed by atoms with Crippen LogP contribution in [0.2, 0.25) is 0 Å². The van der Waals surface area contributed by atoms with Gasteiger partial charge in [0.05, 0.1) is 29.5 Å². The van der Waals surface area contributed by atoms with Crippen LogP contribution in [0.1, 0.15) is 29.6 Å². The third-order valence-corrected chi connectivity index (χ3v) is 4.34. The fraction of sp³-hybridized carbons (Fsp3) is 0.462. The van der Waals surface area contributed by atoms with Crippen LogP contribution < -0.4 is 5.32 Å². The molecule has 2 N–H and O–H groups in total.